The molecule has 7 heteroatoms. The second-order valence-corrected chi connectivity index (χ2v) is 4.34. The van der Waals surface area contributed by atoms with Crippen molar-refractivity contribution >= 4 is 12.0 Å². The molecule has 4 N–H and O–H groups in total. The van der Waals surface area contributed by atoms with Crippen molar-refractivity contribution in [2.45, 2.75) is 25.5 Å². The number of urea groups is 1. The van der Waals surface area contributed by atoms with E-state index >= 15 is 0 Å². The van der Waals surface area contributed by atoms with Crippen LogP contribution in [0.4, 0.5) is 9.18 Å². The van der Waals surface area contributed by atoms with Crippen LogP contribution in [0.5, 0.6) is 0 Å². The van der Waals surface area contributed by atoms with Gasteiger partial charge in [-0.1, -0.05) is 12.1 Å². The van der Waals surface area contributed by atoms with Gasteiger partial charge in [0.15, 0.2) is 6.04 Å². The van der Waals surface area contributed by atoms with Gasteiger partial charge in [0.2, 0.25) is 0 Å². The Morgan fingerprint density at radius 3 is 2.65 bits per heavy atom. The maximum atomic E-state index is 12.9. The molecule has 0 spiro atoms. The van der Waals surface area contributed by atoms with Gasteiger partial charge in [0, 0.05) is 6.54 Å². The van der Waals surface area contributed by atoms with Gasteiger partial charge in [0.25, 0.3) is 0 Å². The Morgan fingerprint density at radius 2 is 2.10 bits per heavy atom. The average molecular weight is 284 g/mol. The summed E-state index contributed by atoms with van der Waals surface area (Å²) in [5, 5.41) is 22.6. The summed E-state index contributed by atoms with van der Waals surface area (Å²) < 4.78 is 12.9. The molecule has 0 aliphatic rings. The van der Waals surface area contributed by atoms with Crippen molar-refractivity contribution in [1.82, 2.24) is 10.6 Å². The fraction of sp³-hybridized carbons (Fsp3) is 0.385. The van der Waals surface area contributed by atoms with E-state index in [2.05, 4.69) is 10.6 Å². The largest absolute Gasteiger partial charge is 0.480 e. The van der Waals surface area contributed by atoms with E-state index in [4.69, 9.17) is 5.11 Å². The normalized spacial score (nSPS) is 13.3. The van der Waals surface area contributed by atoms with Crippen molar-refractivity contribution in [2.75, 3.05) is 6.54 Å². The highest BCUT2D eigenvalue weighted by Gasteiger charge is 2.24. The average Bonchev–Trinajstić information content (AvgIpc) is 2.35. The van der Waals surface area contributed by atoms with Crippen LogP contribution in [0.2, 0.25) is 0 Å². The van der Waals surface area contributed by atoms with Crippen molar-refractivity contribution in [3.63, 3.8) is 0 Å². The number of halogens is 1. The molecule has 0 aliphatic carbocycles. The number of aliphatic hydroxyl groups is 1. The molecular formula is C13H17FN2O4. The monoisotopic (exact) mass is 284 g/mol. The molecule has 110 valence electrons. The van der Waals surface area contributed by atoms with Gasteiger partial charge in [-0.2, -0.15) is 0 Å². The highest BCUT2D eigenvalue weighted by atomic mass is 19.1. The van der Waals surface area contributed by atoms with E-state index in [1.807, 2.05) is 0 Å². The first-order valence-electron chi connectivity index (χ1n) is 6.10. The molecule has 0 bridgehead atoms. The standard InChI is InChI=1S/C13H17FN2O4/c1-8(17)11(12(18)19)16-13(20)15-6-5-9-3-2-4-10(14)7-9/h2-4,7-8,11,17H,5-6H2,1H3,(H,18,19)(H2,15,16,20). The van der Waals surface area contributed by atoms with Gasteiger partial charge in [-0.05, 0) is 31.0 Å². The molecule has 20 heavy (non-hydrogen) atoms. The molecule has 6 nitrogen and oxygen atoms in total. The van der Waals surface area contributed by atoms with Gasteiger partial charge in [-0.25, -0.2) is 14.0 Å². The Morgan fingerprint density at radius 1 is 1.40 bits per heavy atom. The number of hydrogen-bond acceptors (Lipinski definition) is 3. The number of aliphatic hydroxyl groups excluding tert-OH is 1. The van der Waals surface area contributed by atoms with Crippen LogP contribution in [-0.2, 0) is 11.2 Å². The lowest BCUT2D eigenvalue weighted by atomic mass is 10.1. The Bertz CT molecular complexity index is 479. The first kappa shape index (κ1) is 15.9. The minimum Gasteiger partial charge on any atom is -0.480 e. The van der Waals surface area contributed by atoms with Gasteiger partial charge in [0.1, 0.15) is 5.82 Å². The molecule has 0 radical (unpaired) electrons. The number of aliphatic carboxylic acids is 1. The maximum Gasteiger partial charge on any atom is 0.328 e. The molecule has 2 atom stereocenters. The van der Waals surface area contributed by atoms with Gasteiger partial charge >= 0.3 is 12.0 Å². The molecule has 2 unspecified atom stereocenters. The van der Waals surface area contributed by atoms with Gasteiger partial charge in [-0.15, -0.1) is 0 Å². The van der Waals surface area contributed by atoms with Crippen LogP contribution in [0.15, 0.2) is 24.3 Å². The van der Waals surface area contributed by atoms with Crippen LogP contribution < -0.4 is 10.6 Å². The van der Waals surface area contributed by atoms with Crippen molar-refractivity contribution in [2.24, 2.45) is 0 Å². The number of hydrogen-bond donors (Lipinski definition) is 4. The van der Waals surface area contributed by atoms with E-state index in [-0.39, 0.29) is 12.4 Å². The third kappa shape index (κ3) is 5.23. The zero-order chi connectivity index (χ0) is 15.1. The highest BCUT2D eigenvalue weighted by Crippen LogP contribution is 2.03. The fourth-order valence-corrected chi connectivity index (χ4v) is 1.59. The minimum atomic E-state index is -1.37. The highest BCUT2D eigenvalue weighted by molar-refractivity contribution is 5.82. The van der Waals surface area contributed by atoms with Gasteiger partial charge < -0.3 is 20.8 Å². The van der Waals surface area contributed by atoms with Crippen LogP contribution in [0, 0.1) is 5.82 Å². The molecule has 0 heterocycles. The summed E-state index contributed by atoms with van der Waals surface area (Å²) in [5.41, 5.74) is 0.718. The van der Waals surface area contributed by atoms with E-state index in [1.165, 1.54) is 19.1 Å². The SMILES string of the molecule is CC(O)C(NC(=O)NCCc1cccc(F)c1)C(=O)O. The molecule has 1 aromatic rings. The molecule has 1 aromatic carbocycles. The third-order valence-corrected chi connectivity index (χ3v) is 2.62. The Hall–Kier alpha value is -2.15. The number of rotatable bonds is 6. The summed E-state index contributed by atoms with van der Waals surface area (Å²) in [5.74, 6) is -1.67. The number of carbonyl (C=O) groups is 2. The van der Waals surface area contributed by atoms with Crippen LogP contribution in [0.25, 0.3) is 0 Å². The van der Waals surface area contributed by atoms with Crippen molar-refractivity contribution in [3.05, 3.63) is 35.6 Å². The van der Waals surface area contributed by atoms with Crippen LogP contribution in [0.3, 0.4) is 0 Å². The summed E-state index contributed by atoms with van der Waals surface area (Å²) in [6, 6.07) is 3.90. The molecule has 2 amide bonds. The topological polar surface area (TPSA) is 98.7 Å². The summed E-state index contributed by atoms with van der Waals surface area (Å²) in [6.45, 7) is 1.49. The predicted octanol–water partition coefficient (Wildman–Crippen LogP) is 0.501. The lowest BCUT2D eigenvalue weighted by molar-refractivity contribution is -0.141. The zero-order valence-electron chi connectivity index (χ0n) is 11.0. The number of carboxylic acids is 1. The van der Waals surface area contributed by atoms with E-state index < -0.39 is 24.1 Å². The summed E-state index contributed by atoms with van der Waals surface area (Å²) >= 11 is 0. The quantitative estimate of drug-likeness (QED) is 0.611. The second-order valence-electron chi connectivity index (χ2n) is 4.34. The molecule has 1 rings (SSSR count). The number of benzene rings is 1. The summed E-state index contributed by atoms with van der Waals surface area (Å²) in [7, 11) is 0. The molecular weight excluding hydrogens is 267 g/mol. The molecule has 0 saturated carbocycles. The lowest BCUT2D eigenvalue weighted by Crippen LogP contribution is -2.51. The van der Waals surface area contributed by atoms with Gasteiger partial charge in [0.05, 0.1) is 6.10 Å². The number of amides is 2. The van der Waals surface area contributed by atoms with Crippen molar-refractivity contribution in [3.8, 4) is 0 Å². The minimum absolute atomic E-state index is 0.224. The van der Waals surface area contributed by atoms with E-state index in [0.717, 1.165) is 5.56 Å². The zero-order valence-corrected chi connectivity index (χ0v) is 11.0. The summed E-state index contributed by atoms with van der Waals surface area (Å²) in [4.78, 5) is 22.2. The van der Waals surface area contributed by atoms with Crippen LogP contribution >= 0.6 is 0 Å². The number of carboxylic acid groups (broad SMARTS) is 1. The number of nitrogens with one attached hydrogen (secondary N) is 2. The molecule has 0 aliphatic heterocycles. The van der Waals surface area contributed by atoms with Crippen molar-refractivity contribution < 1.29 is 24.2 Å². The Balaban J connectivity index is 2.38. The molecule has 0 saturated heterocycles. The lowest BCUT2D eigenvalue weighted by Gasteiger charge is -2.17. The van der Waals surface area contributed by atoms with E-state index in [1.54, 1.807) is 12.1 Å². The molecule has 0 fully saturated rings. The van der Waals surface area contributed by atoms with Crippen LogP contribution in [-0.4, -0.2) is 40.9 Å². The molecule has 0 aromatic heterocycles. The fourth-order valence-electron chi connectivity index (χ4n) is 1.59. The van der Waals surface area contributed by atoms with E-state index in [9.17, 15) is 19.1 Å². The predicted molar refractivity (Wildman–Crippen MR) is 69.7 cm³/mol. The van der Waals surface area contributed by atoms with E-state index in [0.29, 0.717) is 6.42 Å². The number of carbonyl (C=O) groups excluding carboxylic acids is 1. The Labute approximate surface area is 115 Å². The smallest absolute Gasteiger partial charge is 0.328 e. The Kier molecular flexibility index (Phi) is 5.92. The summed E-state index contributed by atoms with van der Waals surface area (Å²) in [6.07, 6.45) is -0.793. The van der Waals surface area contributed by atoms with Crippen LogP contribution in [0.1, 0.15) is 12.5 Å². The van der Waals surface area contributed by atoms with Gasteiger partial charge in [-0.3, -0.25) is 0 Å². The first-order valence-corrected chi connectivity index (χ1v) is 6.10. The first-order chi connectivity index (χ1) is 9.40. The van der Waals surface area contributed by atoms with Crippen molar-refractivity contribution in [1.29, 1.82) is 0 Å². The third-order valence-electron chi connectivity index (χ3n) is 2.62. The maximum absolute atomic E-state index is 12.9. The second kappa shape index (κ2) is 7.44.